The SMILES string of the molecule is CCCCCCCCCCC(O)CNC1=CCCC(=O)C1O. The van der Waals surface area contributed by atoms with E-state index in [1.807, 2.05) is 6.08 Å². The highest BCUT2D eigenvalue weighted by atomic mass is 16.3. The molecule has 1 aliphatic carbocycles. The lowest BCUT2D eigenvalue weighted by Gasteiger charge is -2.21. The zero-order chi connectivity index (χ0) is 16.2. The van der Waals surface area contributed by atoms with E-state index in [0.717, 1.165) is 12.8 Å². The first-order valence-corrected chi connectivity index (χ1v) is 8.98. The maximum absolute atomic E-state index is 11.4. The van der Waals surface area contributed by atoms with Crippen molar-refractivity contribution in [3.05, 3.63) is 11.8 Å². The largest absolute Gasteiger partial charge is 0.391 e. The number of nitrogens with one attached hydrogen (secondary N) is 1. The van der Waals surface area contributed by atoms with Crippen molar-refractivity contribution in [2.24, 2.45) is 0 Å². The van der Waals surface area contributed by atoms with Crippen molar-refractivity contribution >= 4 is 5.78 Å². The first-order valence-electron chi connectivity index (χ1n) is 8.98. The van der Waals surface area contributed by atoms with Crippen molar-refractivity contribution < 1.29 is 15.0 Å². The second-order valence-electron chi connectivity index (χ2n) is 6.37. The predicted octanol–water partition coefficient (Wildman–Crippen LogP) is 3.08. The van der Waals surface area contributed by atoms with Crippen LogP contribution in [0.5, 0.6) is 0 Å². The van der Waals surface area contributed by atoms with Crippen LogP contribution in [-0.2, 0) is 4.79 Å². The van der Waals surface area contributed by atoms with Crippen molar-refractivity contribution in [3.63, 3.8) is 0 Å². The topological polar surface area (TPSA) is 69.6 Å². The van der Waals surface area contributed by atoms with Gasteiger partial charge in [0.2, 0.25) is 0 Å². The molecule has 0 fully saturated rings. The van der Waals surface area contributed by atoms with Gasteiger partial charge in [-0.25, -0.2) is 0 Å². The molecular formula is C18H33NO3. The fraction of sp³-hybridized carbons (Fsp3) is 0.833. The quantitative estimate of drug-likeness (QED) is 0.484. The van der Waals surface area contributed by atoms with Crippen molar-refractivity contribution in [2.45, 2.75) is 89.8 Å². The van der Waals surface area contributed by atoms with E-state index in [4.69, 9.17) is 0 Å². The minimum absolute atomic E-state index is 0.137. The van der Waals surface area contributed by atoms with Crippen molar-refractivity contribution in [3.8, 4) is 0 Å². The van der Waals surface area contributed by atoms with Gasteiger partial charge >= 0.3 is 0 Å². The van der Waals surface area contributed by atoms with Gasteiger partial charge in [-0.1, -0.05) is 64.4 Å². The Hall–Kier alpha value is -0.870. The number of allylic oxidation sites excluding steroid dienone is 1. The van der Waals surface area contributed by atoms with Crippen LogP contribution in [0.15, 0.2) is 11.8 Å². The Bertz CT molecular complexity index is 341. The average Bonchev–Trinajstić information content (AvgIpc) is 2.51. The van der Waals surface area contributed by atoms with E-state index < -0.39 is 12.2 Å². The summed E-state index contributed by atoms with van der Waals surface area (Å²) < 4.78 is 0. The highest BCUT2D eigenvalue weighted by molar-refractivity contribution is 5.86. The number of Topliss-reactive ketones (excluding diaryl/α,β-unsaturated/α-hetero) is 1. The van der Waals surface area contributed by atoms with E-state index >= 15 is 0 Å². The average molecular weight is 311 g/mol. The minimum Gasteiger partial charge on any atom is -0.391 e. The van der Waals surface area contributed by atoms with Crippen LogP contribution >= 0.6 is 0 Å². The molecule has 0 aromatic heterocycles. The summed E-state index contributed by atoms with van der Waals surface area (Å²) in [5.74, 6) is -0.137. The second-order valence-corrected chi connectivity index (χ2v) is 6.37. The molecule has 128 valence electrons. The number of ketones is 1. The van der Waals surface area contributed by atoms with Gasteiger partial charge in [0.05, 0.1) is 6.10 Å². The van der Waals surface area contributed by atoms with Gasteiger partial charge in [0.15, 0.2) is 11.9 Å². The van der Waals surface area contributed by atoms with E-state index in [-0.39, 0.29) is 5.78 Å². The summed E-state index contributed by atoms with van der Waals surface area (Å²) in [6, 6.07) is 0. The molecule has 22 heavy (non-hydrogen) atoms. The molecule has 3 N–H and O–H groups in total. The highest BCUT2D eigenvalue weighted by Gasteiger charge is 2.23. The lowest BCUT2D eigenvalue weighted by Crippen LogP contribution is -2.36. The van der Waals surface area contributed by atoms with Crippen LogP contribution in [0.1, 0.15) is 77.6 Å². The van der Waals surface area contributed by atoms with Gasteiger partial charge < -0.3 is 15.5 Å². The molecule has 0 heterocycles. The molecule has 0 saturated heterocycles. The zero-order valence-electron chi connectivity index (χ0n) is 14.0. The molecule has 4 heteroatoms. The van der Waals surface area contributed by atoms with Gasteiger partial charge in [-0.3, -0.25) is 4.79 Å². The van der Waals surface area contributed by atoms with E-state index in [1.165, 1.54) is 44.9 Å². The van der Waals surface area contributed by atoms with E-state index in [1.54, 1.807) is 0 Å². The molecule has 2 atom stereocenters. The van der Waals surface area contributed by atoms with Crippen LogP contribution in [0, 0.1) is 0 Å². The normalized spacial score (nSPS) is 19.9. The van der Waals surface area contributed by atoms with Crippen LogP contribution in [-0.4, -0.2) is 34.7 Å². The van der Waals surface area contributed by atoms with Gasteiger partial charge in [0.1, 0.15) is 0 Å². The van der Waals surface area contributed by atoms with Crippen molar-refractivity contribution in [2.75, 3.05) is 6.54 Å². The van der Waals surface area contributed by atoms with Gasteiger partial charge in [0, 0.05) is 18.7 Å². The van der Waals surface area contributed by atoms with Crippen LogP contribution in [0.25, 0.3) is 0 Å². The first kappa shape index (κ1) is 19.2. The highest BCUT2D eigenvalue weighted by Crippen LogP contribution is 2.14. The molecule has 1 aliphatic rings. The number of unbranched alkanes of at least 4 members (excludes halogenated alkanes) is 7. The van der Waals surface area contributed by atoms with Crippen LogP contribution in [0.3, 0.4) is 0 Å². The van der Waals surface area contributed by atoms with Gasteiger partial charge in [-0.05, 0) is 12.8 Å². The predicted molar refractivity (Wildman–Crippen MR) is 89.6 cm³/mol. The summed E-state index contributed by atoms with van der Waals surface area (Å²) in [7, 11) is 0. The van der Waals surface area contributed by atoms with E-state index in [9.17, 15) is 15.0 Å². The number of hydrogen-bond donors (Lipinski definition) is 3. The maximum atomic E-state index is 11.4. The third-order valence-electron chi connectivity index (χ3n) is 4.29. The van der Waals surface area contributed by atoms with Gasteiger partial charge in [0.25, 0.3) is 0 Å². The summed E-state index contributed by atoms with van der Waals surface area (Å²) in [6.45, 7) is 2.64. The van der Waals surface area contributed by atoms with Gasteiger partial charge in [-0.2, -0.15) is 0 Å². The van der Waals surface area contributed by atoms with Crippen LogP contribution in [0.4, 0.5) is 0 Å². The fourth-order valence-corrected chi connectivity index (χ4v) is 2.81. The molecule has 0 spiro atoms. The summed E-state index contributed by atoms with van der Waals surface area (Å²) in [4.78, 5) is 11.4. The number of aliphatic hydroxyl groups is 2. The second kappa shape index (κ2) is 11.7. The molecule has 0 amide bonds. The molecule has 0 aromatic carbocycles. The van der Waals surface area contributed by atoms with Crippen molar-refractivity contribution in [1.82, 2.24) is 5.32 Å². The molecule has 4 nitrogen and oxygen atoms in total. The molecule has 0 bridgehead atoms. The number of carbonyl (C=O) groups is 1. The summed E-state index contributed by atoms with van der Waals surface area (Å²) in [5.41, 5.74) is 0.561. The summed E-state index contributed by atoms with van der Waals surface area (Å²) >= 11 is 0. The Labute approximate surface area is 135 Å². The Balaban J connectivity index is 2.01. The van der Waals surface area contributed by atoms with Crippen LogP contribution < -0.4 is 5.32 Å². The standard InChI is InChI=1S/C18H33NO3/c1-2-3-4-5-6-7-8-9-11-15(20)14-19-16-12-10-13-17(21)18(16)22/h12,15,18-20,22H,2-11,13-14H2,1H3. The first-order chi connectivity index (χ1) is 10.6. The van der Waals surface area contributed by atoms with E-state index in [0.29, 0.717) is 25.1 Å². The maximum Gasteiger partial charge on any atom is 0.167 e. The Morgan fingerprint density at radius 3 is 2.50 bits per heavy atom. The Morgan fingerprint density at radius 2 is 1.82 bits per heavy atom. The monoisotopic (exact) mass is 311 g/mol. The molecule has 0 saturated carbocycles. The Kier molecular flexibility index (Phi) is 10.2. The minimum atomic E-state index is -1.02. The van der Waals surface area contributed by atoms with Crippen molar-refractivity contribution in [1.29, 1.82) is 0 Å². The third kappa shape index (κ3) is 7.95. The van der Waals surface area contributed by atoms with Gasteiger partial charge in [-0.15, -0.1) is 0 Å². The molecule has 0 aromatic rings. The lowest BCUT2D eigenvalue weighted by atomic mass is 10.00. The van der Waals surface area contributed by atoms with Crippen LogP contribution in [0.2, 0.25) is 0 Å². The molecule has 1 rings (SSSR count). The fourth-order valence-electron chi connectivity index (χ4n) is 2.81. The molecule has 0 aliphatic heterocycles. The number of carbonyl (C=O) groups excluding carboxylic acids is 1. The summed E-state index contributed by atoms with van der Waals surface area (Å²) in [5, 5.41) is 22.7. The number of aliphatic hydroxyl groups excluding tert-OH is 2. The zero-order valence-corrected chi connectivity index (χ0v) is 14.0. The van der Waals surface area contributed by atoms with E-state index in [2.05, 4.69) is 12.2 Å². The molecule has 2 unspecified atom stereocenters. The lowest BCUT2D eigenvalue weighted by molar-refractivity contribution is -0.126. The molecular weight excluding hydrogens is 278 g/mol. The number of rotatable bonds is 12. The smallest absolute Gasteiger partial charge is 0.167 e. The third-order valence-corrected chi connectivity index (χ3v) is 4.29. The molecule has 0 radical (unpaired) electrons. The summed E-state index contributed by atoms with van der Waals surface area (Å²) in [6.07, 6.45) is 12.4. The Morgan fingerprint density at radius 1 is 1.18 bits per heavy atom. The number of hydrogen-bond acceptors (Lipinski definition) is 4.